The van der Waals surface area contributed by atoms with E-state index in [1.54, 1.807) is 0 Å². The standard InChI is InChI=1S/C44H80NO9P/c1-6-8-10-12-14-16-17-18-19-21-23-25-30-34-43(46)50-38-40(39-52-55(48,49)51-37-36-45(3,4)5)53-44(47)35-31-27-26-29-33-42-41(54-42)32-28-24-22-20-15-13-11-9-7-2/h15,20,24,26,28-29,40-42H,6-14,16-19,21-23,25,27,30-39H2,1-5H3/b20-15-,28-24-,29-26-/t40-,41?,42?/m1/s1. The second-order valence-electron chi connectivity index (χ2n) is 16.1. The molecule has 1 rings (SSSR count). The molecule has 11 heteroatoms. The summed E-state index contributed by atoms with van der Waals surface area (Å²) in [5.74, 6) is -0.906. The first-order valence-corrected chi connectivity index (χ1v) is 23.3. The number of phosphoric acid groups is 1. The van der Waals surface area contributed by atoms with E-state index in [1.807, 2.05) is 27.2 Å². The van der Waals surface area contributed by atoms with Crippen LogP contribution < -0.4 is 4.89 Å². The number of carbonyl (C=O) groups excluding carboxylic acids is 2. The number of nitrogens with zero attached hydrogens (tertiary/aromatic N) is 1. The minimum Gasteiger partial charge on any atom is -0.756 e. The highest BCUT2D eigenvalue weighted by Gasteiger charge is 2.36. The molecule has 3 unspecified atom stereocenters. The molecule has 1 aliphatic rings. The Morgan fingerprint density at radius 3 is 1.78 bits per heavy atom. The number of allylic oxidation sites excluding steroid dienone is 4. The lowest BCUT2D eigenvalue weighted by Crippen LogP contribution is -2.37. The third kappa shape index (κ3) is 34.0. The van der Waals surface area contributed by atoms with Gasteiger partial charge in [0, 0.05) is 12.8 Å². The topological polar surface area (TPSA) is 124 Å². The molecule has 10 nitrogen and oxygen atoms in total. The van der Waals surface area contributed by atoms with E-state index in [0.717, 1.165) is 44.9 Å². The van der Waals surface area contributed by atoms with Gasteiger partial charge in [-0.25, -0.2) is 0 Å². The molecule has 55 heavy (non-hydrogen) atoms. The van der Waals surface area contributed by atoms with E-state index in [1.165, 1.54) is 83.5 Å². The van der Waals surface area contributed by atoms with E-state index in [9.17, 15) is 19.0 Å². The van der Waals surface area contributed by atoms with Gasteiger partial charge >= 0.3 is 11.9 Å². The van der Waals surface area contributed by atoms with E-state index in [2.05, 4.69) is 44.2 Å². The molecule has 1 fully saturated rings. The van der Waals surface area contributed by atoms with Crippen LogP contribution in [0.1, 0.15) is 168 Å². The van der Waals surface area contributed by atoms with Crippen molar-refractivity contribution in [3.8, 4) is 0 Å². The van der Waals surface area contributed by atoms with Crippen molar-refractivity contribution < 1.29 is 46.8 Å². The second-order valence-corrected chi connectivity index (χ2v) is 17.5. The van der Waals surface area contributed by atoms with Gasteiger partial charge in [0.2, 0.25) is 0 Å². The zero-order chi connectivity index (χ0) is 40.5. The quantitative estimate of drug-likeness (QED) is 0.0150. The summed E-state index contributed by atoms with van der Waals surface area (Å²) in [6.07, 6.45) is 37.7. The summed E-state index contributed by atoms with van der Waals surface area (Å²) in [6, 6.07) is 0. The number of likely N-dealkylation sites (N-methyl/N-ethyl adjacent to an activating group) is 1. The molecule has 0 saturated carbocycles. The summed E-state index contributed by atoms with van der Waals surface area (Å²) in [5.41, 5.74) is 0. The minimum atomic E-state index is -4.64. The number of esters is 2. The van der Waals surface area contributed by atoms with Crippen molar-refractivity contribution in [3.05, 3.63) is 36.5 Å². The monoisotopic (exact) mass is 798 g/mol. The van der Waals surface area contributed by atoms with Crippen LogP contribution in [-0.2, 0) is 37.4 Å². The van der Waals surface area contributed by atoms with Crippen LogP contribution in [0.4, 0.5) is 0 Å². The molecule has 0 radical (unpaired) electrons. The third-order valence-corrected chi connectivity index (χ3v) is 10.5. The van der Waals surface area contributed by atoms with Crippen molar-refractivity contribution in [1.82, 2.24) is 0 Å². The molecule has 1 saturated heterocycles. The molecule has 0 bridgehead atoms. The lowest BCUT2D eigenvalue weighted by molar-refractivity contribution is -0.870. The van der Waals surface area contributed by atoms with Crippen molar-refractivity contribution in [2.75, 3.05) is 47.5 Å². The number of epoxide rings is 1. The molecular weight excluding hydrogens is 717 g/mol. The highest BCUT2D eigenvalue weighted by Crippen LogP contribution is 2.38. The average Bonchev–Trinajstić information content (AvgIpc) is 3.89. The molecule has 4 atom stereocenters. The predicted octanol–water partition coefficient (Wildman–Crippen LogP) is 10.5. The van der Waals surface area contributed by atoms with Gasteiger partial charge in [0.25, 0.3) is 7.82 Å². The van der Waals surface area contributed by atoms with Crippen LogP contribution in [-0.4, -0.2) is 82.2 Å². The highest BCUT2D eigenvalue weighted by atomic mass is 31.2. The maximum absolute atomic E-state index is 12.7. The van der Waals surface area contributed by atoms with Crippen molar-refractivity contribution in [3.63, 3.8) is 0 Å². The molecule has 0 spiro atoms. The number of phosphoric ester groups is 1. The number of carbonyl (C=O) groups is 2. The van der Waals surface area contributed by atoms with Crippen LogP contribution in [0.15, 0.2) is 36.5 Å². The lowest BCUT2D eigenvalue weighted by atomic mass is 10.0. The van der Waals surface area contributed by atoms with E-state index in [0.29, 0.717) is 23.9 Å². The summed E-state index contributed by atoms with van der Waals surface area (Å²) in [6.45, 7) is 4.11. The van der Waals surface area contributed by atoms with Gasteiger partial charge in [-0.05, 0) is 51.4 Å². The fourth-order valence-corrected chi connectivity index (χ4v) is 6.71. The fourth-order valence-electron chi connectivity index (χ4n) is 5.98. The first kappa shape index (κ1) is 51.2. The smallest absolute Gasteiger partial charge is 0.306 e. The van der Waals surface area contributed by atoms with E-state index >= 15 is 0 Å². The Kier molecular flexibility index (Phi) is 30.9. The third-order valence-electron chi connectivity index (χ3n) is 9.57. The van der Waals surface area contributed by atoms with Crippen molar-refractivity contribution in [1.29, 1.82) is 0 Å². The van der Waals surface area contributed by atoms with Crippen molar-refractivity contribution in [2.24, 2.45) is 0 Å². The molecular formula is C44H80NO9P. The SMILES string of the molecule is CCCCC/C=C\C/C=C\CC1OC1C/C=C\CCCC(=O)O[C@H](COC(=O)CCCCCCCCCCCCCCC)COP(=O)([O-])OCC[N+](C)(C)C. The first-order valence-electron chi connectivity index (χ1n) is 21.8. The molecule has 1 aliphatic heterocycles. The van der Waals surface area contributed by atoms with Crippen molar-refractivity contribution in [2.45, 2.75) is 186 Å². The summed E-state index contributed by atoms with van der Waals surface area (Å²) >= 11 is 0. The van der Waals surface area contributed by atoms with Crippen LogP contribution in [0.5, 0.6) is 0 Å². The molecule has 0 aromatic carbocycles. The highest BCUT2D eigenvalue weighted by molar-refractivity contribution is 7.45. The molecule has 0 aromatic heterocycles. The second kappa shape index (κ2) is 33.2. The summed E-state index contributed by atoms with van der Waals surface area (Å²) < 4.78 is 39.6. The fraction of sp³-hybridized carbons (Fsp3) is 0.818. The zero-order valence-electron chi connectivity index (χ0n) is 35.6. The van der Waals surface area contributed by atoms with E-state index < -0.39 is 32.5 Å². The van der Waals surface area contributed by atoms with Crippen LogP contribution in [0.25, 0.3) is 0 Å². The van der Waals surface area contributed by atoms with E-state index in [-0.39, 0.29) is 38.3 Å². The summed E-state index contributed by atoms with van der Waals surface area (Å²) in [4.78, 5) is 37.5. The van der Waals surface area contributed by atoms with Crippen LogP contribution >= 0.6 is 7.82 Å². The Balaban J connectivity index is 2.34. The number of unbranched alkanes of at least 4 members (excludes halogenated alkanes) is 16. The average molecular weight is 798 g/mol. The first-order chi connectivity index (χ1) is 26.5. The Labute approximate surface area is 336 Å². The number of quaternary nitrogens is 1. The molecule has 0 aromatic rings. The lowest BCUT2D eigenvalue weighted by Gasteiger charge is -2.28. The Morgan fingerprint density at radius 1 is 0.655 bits per heavy atom. The van der Waals surface area contributed by atoms with Gasteiger partial charge in [0.05, 0.1) is 40.0 Å². The number of hydrogen-bond acceptors (Lipinski definition) is 9. The number of hydrogen-bond donors (Lipinski definition) is 0. The molecule has 0 aliphatic carbocycles. The van der Waals surface area contributed by atoms with E-state index in [4.69, 9.17) is 23.3 Å². The van der Waals surface area contributed by atoms with Gasteiger partial charge in [0.1, 0.15) is 19.8 Å². The molecule has 1 heterocycles. The Bertz CT molecular complexity index is 1100. The minimum absolute atomic E-state index is 0.0436. The van der Waals surface area contributed by atoms with Gasteiger partial charge in [0.15, 0.2) is 6.10 Å². The van der Waals surface area contributed by atoms with Gasteiger partial charge < -0.3 is 32.6 Å². The Morgan fingerprint density at radius 2 is 1.16 bits per heavy atom. The van der Waals surface area contributed by atoms with Gasteiger partial charge in [-0.2, -0.15) is 0 Å². The largest absolute Gasteiger partial charge is 0.756 e. The number of rotatable bonds is 38. The zero-order valence-corrected chi connectivity index (χ0v) is 36.5. The normalized spacial score (nSPS) is 17.6. The maximum atomic E-state index is 12.7. The predicted molar refractivity (Wildman–Crippen MR) is 221 cm³/mol. The van der Waals surface area contributed by atoms with Crippen LogP contribution in [0.3, 0.4) is 0 Å². The number of ether oxygens (including phenoxy) is 3. The molecule has 320 valence electrons. The summed E-state index contributed by atoms with van der Waals surface area (Å²) in [7, 11) is 1.12. The van der Waals surface area contributed by atoms with Crippen LogP contribution in [0.2, 0.25) is 0 Å². The molecule has 0 N–H and O–H groups in total. The Hall–Kier alpha value is -1.81. The van der Waals surface area contributed by atoms with Crippen molar-refractivity contribution >= 4 is 19.8 Å². The van der Waals surface area contributed by atoms with Gasteiger partial charge in [-0.3, -0.25) is 14.2 Å². The van der Waals surface area contributed by atoms with Gasteiger partial charge in [-0.15, -0.1) is 0 Å². The van der Waals surface area contributed by atoms with Gasteiger partial charge in [-0.1, -0.05) is 140 Å². The van der Waals surface area contributed by atoms with Crippen LogP contribution in [0, 0.1) is 0 Å². The summed E-state index contributed by atoms with van der Waals surface area (Å²) in [5, 5.41) is 0. The molecule has 0 amide bonds. The maximum Gasteiger partial charge on any atom is 0.306 e.